The second kappa shape index (κ2) is 8.31. The monoisotopic (exact) mass is 372 g/mol. The van der Waals surface area contributed by atoms with Crippen LogP contribution < -0.4 is 29.1 Å². The summed E-state index contributed by atoms with van der Waals surface area (Å²) >= 11 is 0. The minimum Gasteiger partial charge on any atom is -0.493 e. The lowest BCUT2D eigenvalue weighted by Crippen LogP contribution is -2.42. The van der Waals surface area contributed by atoms with Crippen LogP contribution in [0.1, 0.15) is 5.56 Å². The summed E-state index contributed by atoms with van der Waals surface area (Å²) in [6.45, 7) is 0.109. The van der Waals surface area contributed by atoms with Crippen molar-refractivity contribution in [1.82, 2.24) is 5.43 Å². The van der Waals surface area contributed by atoms with Crippen LogP contribution in [-0.2, 0) is 4.79 Å². The first-order chi connectivity index (χ1) is 13.2. The Labute approximate surface area is 156 Å². The number of ether oxygens (including phenoxy) is 5. The first-order valence-corrected chi connectivity index (χ1v) is 8.18. The molecule has 1 unspecified atom stereocenters. The Bertz CT molecular complexity index is 852. The maximum atomic E-state index is 12.3. The normalized spacial score (nSPS) is 15.3. The lowest BCUT2D eigenvalue weighted by atomic mass is 10.2. The maximum Gasteiger partial charge on any atom is 0.284 e. The van der Waals surface area contributed by atoms with Crippen LogP contribution in [0.15, 0.2) is 41.5 Å². The third-order valence-corrected chi connectivity index (χ3v) is 3.91. The summed E-state index contributed by atoms with van der Waals surface area (Å²) in [4.78, 5) is 12.3. The van der Waals surface area contributed by atoms with E-state index in [1.165, 1.54) is 27.5 Å². The summed E-state index contributed by atoms with van der Waals surface area (Å²) in [6.07, 6.45) is 0.667. The van der Waals surface area contributed by atoms with E-state index in [1.807, 2.05) is 12.1 Å². The number of fused-ring (bicyclic) bond motifs is 1. The van der Waals surface area contributed by atoms with Crippen LogP contribution in [0.25, 0.3) is 0 Å². The van der Waals surface area contributed by atoms with Gasteiger partial charge in [-0.1, -0.05) is 12.1 Å². The standard InChI is InChI=1S/C19H20N2O6/c1-23-15-9-8-12(17(24-2)18(15)25-3)10-20-21-19(22)16-11-26-13-6-4-5-7-14(13)27-16/h4-10,16H,11H2,1-3H3,(H,21,22)/b20-10+. The number of hydrogen-bond donors (Lipinski definition) is 1. The average molecular weight is 372 g/mol. The summed E-state index contributed by atoms with van der Waals surface area (Å²) in [6, 6.07) is 10.6. The van der Waals surface area contributed by atoms with E-state index in [0.29, 0.717) is 34.3 Å². The minimum absolute atomic E-state index is 0.109. The van der Waals surface area contributed by atoms with Gasteiger partial charge < -0.3 is 23.7 Å². The molecule has 3 rings (SSSR count). The van der Waals surface area contributed by atoms with Gasteiger partial charge in [0, 0.05) is 5.56 Å². The van der Waals surface area contributed by atoms with Crippen molar-refractivity contribution in [3.8, 4) is 28.7 Å². The molecule has 142 valence electrons. The average Bonchev–Trinajstić information content (AvgIpc) is 2.72. The number of carbonyl (C=O) groups excluding carboxylic acids is 1. The van der Waals surface area contributed by atoms with Crippen LogP contribution in [-0.4, -0.2) is 46.2 Å². The van der Waals surface area contributed by atoms with Crippen LogP contribution in [0.2, 0.25) is 0 Å². The fourth-order valence-electron chi connectivity index (χ4n) is 2.61. The predicted molar refractivity (Wildman–Crippen MR) is 98.2 cm³/mol. The summed E-state index contributed by atoms with van der Waals surface area (Å²) < 4.78 is 27.1. The molecule has 8 heteroatoms. The number of carbonyl (C=O) groups is 1. The van der Waals surface area contributed by atoms with E-state index < -0.39 is 12.0 Å². The van der Waals surface area contributed by atoms with Crippen LogP contribution in [0.5, 0.6) is 28.7 Å². The van der Waals surface area contributed by atoms with Crippen molar-refractivity contribution in [2.45, 2.75) is 6.10 Å². The van der Waals surface area contributed by atoms with Gasteiger partial charge in [-0.2, -0.15) is 5.10 Å². The highest BCUT2D eigenvalue weighted by Crippen LogP contribution is 2.39. The van der Waals surface area contributed by atoms with Gasteiger partial charge in [-0.05, 0) is 24.3 Å². The van der Waals surface area contributed by atoms with Crippen molar-refractivity contribution in [3.63, 3.8) is 0 Å². The molecule has 27 heavy (non-hydrogen) atoms. The number of nitrogens with zero attached hydrogens (tertiary/aromatic N) is 1. The SMILES string of the molecule is COc1ccc(/C=N/NC(=O)C2COc3ccccc3O2)c(OC)c1OC. The molecule has 0 aliphatic carbocycles. The Morgan fingerprint density at radius 3 is 2.52 bits per heavy atom. The first-order valence-electron chi connectivity index (χ1n) is 8.18. The fraction of sp³-hybridized carbons (Fsp3) is 0.263. The van der Waals surface area contributed by atoms with Crippen LogP contribution >= 0.6 is 0 Å². The van der Waals surface area contributed by atoms with Gasteiger partial charge in [0.2, 0.25) is 11.9 Å². The van der Waals surface area contributed by atoms with E-state index in [0.717, 1.165) is 0 Å². The zero-order valence-corrected chi connectivity index (χ0v) is 15.2. The highest BCUT2D eigenvalue weighted by Gasteiger charge is 2.27. The number of benzene rings is 2. The molecule has 0 saturated heterocycles. The van der Waals surface area contributed by atoms with Gasteiger partial charge in [-0.3, -0.25) is 4.79 Å². The van der Waals surface area contributed by atoms with E-state index in [-0.39, 0.29) is 6.61 Å². The van der Waals surface area contributed by atoms with Crippen LogP contribution in [0, 0.1) is 0 Å². The highest BCUT2D eigenvalue weighted by atomic mass is 16.6. The quantitative estimate of drug-likeness (QED) is 0.616. The van der Waals surface area contributed by atoms with E-state index in [2.05, 4.69) is 10.5 Å². The molecule has 2 aromatic carbocycles. The molecule has 1 aliphatic heterocycles. The number of methoxy groups -OCH3 is 3. The molecule has 2 aromatic rings. The molecule has 0 fully saturated rings. The number of para-hydroxylation sites is 2. The third-order valence-electron chi connectivity index (χ3n) is 3.91. The van der Waals surface area contributed by atoms with Gasteiger partial charge in [0.25, 0.3) is 5.91 Å². The summed E-state index contributed by atoms with van der Waals surface area (Å²) in [7, 11) is 4.56. The number of nitrogens with one attached hydrogen (secondary N) is 1. The fourth-order valence-corrected chi connectivity index (χ4v) is 2.61. The van der Waals surface area contributed by atoms with Gasteiger partial charge in [-0.25, -0.2) is 5.43 Å². The topological polar surface area (TPSA) is 87.6 Å². The Kier molecular flexibility index (Phi) is 5.65. The number of hydrogen-bond acceptors (Lipinski definition) is 7. The summed E-state index contributed by atoms with van der Waals surface area (Å²) in [5, 5.41) is 3.98. The summed E-state index contributed by atoms with van der Waals surface area (Å²) in [5.41, 5.74) is 3.06. The lowest BCUT2D eigenvalue weighted by Gasteiger charge is -2.24. The Balaban J connectivity index is 1.68. The number of hydrazone groups is 1. The second-order valence-electron chi connectivity index (χ2n) is 5.52. The molecule has 1 N–H and O–H groups in total. The second-order valence-corrected chi connectivity index (χ2v) is 5.52. The Morgan fingerprint density at radius 2 is 1.81 bits per heavy atom. The molecule has 0 saturated carbocycles. The Morgan fingerprint density at radius 1 is 1.07 bits per heavy atom. The lowest BCUT2D eigenvalue weighted by molar-refractivity contribution is -0.130. The van der Waals surface area contributed by atoms with Crippen molar-refractivity contribution in [1.29, 1.82) is 0 Å². The number of amides is 1. The smallest absolute Gasteiger partial charge is 0.284 e. The molecule has 1 amide bonds. The largest absolute Gasteiger partial charge is 0.493 e. The predicted octanol–water partition coefficient (Wildman–Crippen LogP) is 2.00. The van der Waals surface area contributed by atoms with Gasteiger partial charge in [0.1, 0.15) is 6.61 Å². The summed E-state index contributed by atoms with van der Waals surface area (Å²) in [5.74, 6) is 2.13. The molecular weight excluding hydrogens is 352 g/mol. The first kappa shape index (κ1) is 18.4. The molecule has 1 atom stereocenters. The van der Waals surface area contributed by atoms with Crippen LogP contribution in [0.3, 0.4) is 0 Å². The molecule has 1 aliphatic rings. The van der Waals surface area contributed by atoms with Crippen molar-refractivity contribution in [2.75, 3.05) is 27.9 Å². The van der Waals surface area contributed by atoms with E-state index in [4.69, 9.17) is 23.7 Å². The van der Waals surface area contributed by atoms with Gasteiger partial charge in [0.05, 0.1) is 27.5 Å². The molecule has 1 heterocycles. The van der Waals surface area contributed by atoms with Gasteiger partial charge >= 0.3 is 0 Å². The van der Waals surface area contributed by atoms with Crippen molar-refractivity contribution in [3.05, 3.63) is 42.0 Å². The molecule has 0 bridgehead atoms. The van der Waals surface area contributed by atoms with E-state index in [1.54, 1.807) is 24.3 Å². The van der Waals surface area contributed by atoms with Gasteiger partial charge in [-0.15, -0.1) is 0 Å². The zero-order chi connectivity index (χ0) is 19.2. The molecule has 0 radical (unpaired) electrons. The van der Waals surface area contributed by atoms with Gasteiger partial charge in [0.15, 0.2) is 23.0 Å². The minimum atomic E-state index is -0.788. The molecule has 0 aromatic heterocycles. The third kappa shape index (κ3) is 3.89. The molecule has 0 spiro atoms. The van der Waals surface area contributed by atoms with Crippen molar-refractivity contribution < 1.29 is 28.5 Å². The van der Waals surface area contributed by atoms with E-state index in [9.17, 15) is 4.79 Å². The maximum absolute atomic E-state index is 12.3. The number of rotatable bonds is 6. The van der Waals surface area contributed by atoms with Crippen molar-refractivity contribution >= 4 is 12.1 Å². The molecule has 8 nitrogen and oxygen atoms in total. The Hall–Kier alpha value is -3.42. The van der Waals surface area contributed by atoms with E-state index >= 15 is 0 Å². The van der Waals surface area contributed by atoms with Crippen LogP contribution in [0.4, 0.5) is 0 Å². The van der Waals surface area contributed by atoms with Crippen molar-refractivity contribution in [2.24, 2.45) is 5.10 Å². The zero-order valence-electron chi connectivity index (χ0n) is 15.2. The highest BCUT2D eigenvalue weighted by molar-refractivity contribution is 5.88. The molecular formula is C19H20N2O6.